The average molecular weight is 500 g/mol. The molecule has 1 heterocycles. The Morgan fingerprint density at radius 1 is 1.23 bits per heavy atom. The van der Waals surface area contributed by atoms with Gasteiger partial charge in [-0.05, 0) is 71.3 Å². The number of methoxy groups -OCH3 is 1. The summed E-state index contributed by atoms with van der Waals surface area (Å²) in [5, 5.41) is 12.4. The molecule has 0 aliphatic heterocycles. The van der Waals surface area contributed by atoms with Crippen LogP contribution >= 0.6 is 11.6 Å². The summed E-state index contributed by atoms with van der Waals surface area (Å²) in [6.45, 7) is 4.83. The van der Waals surface area contributed by atoms with Gasteiger partial charge in [-0.25, -0.2) is 0 Å². The van der Waals surface area contributed by atoms with Gasteiger partial charge in [-0.3, -0.25) is 9.59 Å². The quantitative estimate of drug-likeness (QED) is 0.572. The minimum Gasteiger partial charge on any atom is -0.482 e. The van der Waals surface area contributed by atoms with Crippen LogP contribution in [0.2, 0.25) is 5.02 Å². The Kier molecular flexibility index (Phi) is 8.82. The molecule has 1 aliphatic carbocycles. The first-order valence-electron chi connectivity index (χ1n) is 11.9. The number of nitriles is 1. The molecule has 2 aromatic rings. The average Bonchev–Trinajstić information content (AvgIpc) is 2.85. The van der Waals surface area contributed by atoms with Crippen LogP contribution in [0.1, 0.15) is 59.8 Å². The predicted octanol–water partition coefficient (Wildman–Crippen LogP) is 3.85. The third-order valence-corrected chi connectivity index (χ3v) is 7.14. The molecular formula is C26H34ClN5O3. The van der Waals surface area contributed by atoms with Crippen molar-refractivity contribution >= 4 is 23.2 Å². The zero-order chi connectivity index (χ0) is 25.7. The number of anilines is 1. The number of carbonyl (C=O) groups is 1. The van der Waals surface area contributed by atoms with Crippen LogP contribution < -0.4 is 20.4 Å². The largest absolute Gasteiger partial charge is 0.482 e. The molecule has 0 saturated heterocycles. The van der Waals surface area contributed by atoms with Gasteiger partial charge in [0.05, 0.1) is 19.2 Å². The lowest BCUT2D eigenvalue weighted by molar-refractivity contribution is 0.0950. The van der Waals surface area contributed by atoms with Crippen LogP contribution in [0.25, 0.3) is 0 Å². The van der Waals surface area contributed by atoms with E-state index in [1.807, 2.05) is 19.1 Å². The van der Waals surface area contributed by atoms with E-state index >= 15 is 0 Å². The second kappa shape index (κ2) is 11.6. The maximum Gasteiger partial charge on any atom is 0.251 e. The molecule has 1 saturated carbocycles. The summed E-state index contributed by atoms with van der Waals surface area (Å²) in [6, 6.07) is 7.67. The minimum absolute atomic E-state index is 0.0453. The fraction of sp³-hybridized carbons (Fsp3) is 0.500. The van der Waals surface area contributed by atoms with E-state index in [0.29, 0.717) is 22.7 Å². The van der Waals surface area contributed by atoms with Gasteiger partial charge in [-0.15, -0.1) is 0 Å². The first-order chi connectivity index (χ1) is 16.7. The van der Waals surface area contributed by atoms with Crippen molar-refractivity contribution in [2.45, 2.75) is 58.2 Å². The van der Waals surface area contributed by atoms with Gasteiger partial charge in [0.2, 0.25) is 5.88 Å². The number of hydrogen-bond donors (Lipinski definition) is 2. The Morgan fingerprint density at radius 2 is 1.89 bits per heavy atom. The van der Waals surface area contributed by atoms with Gasteiger partial charge in [0, 0.05) is 41.0 Å². The third-order valence-electron chi connectivity index (χ3n) is 6.92. The van der Waals surface area contributed by atoms with E-state index in [1.54, 1.807) is 6.07 Å². The van der Waals surface area contributed by atoms with Gasteiger partial charge in [-0.1, -0.05) is 11.6 Å². The molecule has 0 bridgehead atoms. The van der Waals surface area contributed by atoms with Crippen molar-refractivity contribution in [2.75, 3.05) is 32.6 Å². The van der Waals surface area contributed by atoms with Crippen molar-refractivity contribution in [3.05, 3.63) is 55.8 Å². The molecule has 35 heavy (non-hydrogen) atoms. The molecule has 1 aromatic heterocycles. The molecule has 0 atom stereocenters. The highest BCUT2D eigenvalue weighted by molar-refractivity contribution is 6.31. The molecule has 2 N–H and O–H groups in total. The Balaban J connectivity index is 1.83. The summed E-state index contributed by atoms with van der Waals surface area (Å²) in [7, 11) is 5.67. The van der Waals surface area contributed by atoms with Crippen LogP contribution in [0.15, 0.2) is 23.0 Å². The Hall–Kier alpha value is -3.02. The molecule has 1 aromatic carbocycles. The van der Waals surface area contributed by atoms with Crippen molar-refractivity contribution in [1.82, 2.24) is 15.2 Å². The molecule has 0 spiro atoms. The standard InChI is InChI=1S/C26H34ClN5O3/c1-6-32(20-9-7-19(8-10-20)31(3)4)23-12-17(27)11-21(16(23)2)25(34)29-15-22-24(33)13-18(14-28)30-26(22)35-5/h11-13,19-20H,6-10,15H2,1-5H3,(H,29,34)(H,30,33)/t19-,20-. The van der Waals surface area contributed by atoms with Crippen molar-refractivity contribution in [3.8, 4) is 11.9 Å². The van der Waals surface area contributed by atoms with E-state index in [4.69, 9.17) is 21.6 Å². The Morgan fingerprint density at radius 3 is 2.46 bits per heavy atom. The summed E-state index contributed by atoms with van der Waals surface area (Å²) < 4.78 is 5.22. The summed E-state index contributed by atoms with van der Waals surface area (Å²) in [6.07, 6.45) is 4.46. The minimum atomic E-state index is -0.383. The molecular weight excluding hydrogens is 466 g/mol. The number of amides is 1. The summed E-state index contributed by atoms with van der Waals surface area (Å²) >= 11 is 6.48. The van der Waals surface area contributed by atoms with Gasteiger partial charge >= 0.3 is 0 Å². The topological polar surface area (TPSA) is 101 Å². The van der Waals surface area contributed by atoms with Crippen LogP contribution in [0.3, 0.4) is 0 Å². The summed E-state index contributed by atoms with van der Waals surface area (Å²) in [5.74, 6) is -0.173. The predicted molar refractivity (Wildman–Crippen MR) is 138 cm³/mol. The fourth-order valence-corrected chi connectivity index (χ4v) is 5.15. The van der Waals surface area contributed by atoms with E-state index in [1.165, 1.54) is 13.2 Å². The smallest absolute Gasteiger partial charge is 0.251 e. The molecule has 3 rings (SSSR count). The first-order valence-corrected chi connectivity index (χ1v) is 12.3. The van der Waals surface area contributed by atoms with Crippen molar-refractivity contribution in [2.24, 2.45) is 0 Å². The van der Waals surface area contributed by atoms with Crippen molar-refractivity contribution in [1.29, 1.82) is 5.26 Å². The summed E-state index contributed by atoms with van der Waals surface area (Å²) in [4.78, 5) is 33.0. The maximum absolute atomic E-state index is 13.2. The van der Waals surface area contributed by atoms with Gasteiger partial charge in [0.1, 0.15) is 11.8 Å². The highest BCUT2D eigenvalue weighted by Crippen LogP contribution is 2.34. The number of aromatic amines is 1. The monoisotopic (exact) mass is 499 g/mol. The fourth-order valence-electron chi connectivity index (χ4n) is 4.94. The lowest BCUT2D eigenvalue weighted by atomic mass is 9.89. The number of aromatic nitrogens is 1. The first kappa shape index (κ1) is 26.6. The zero-order valence-corrected chi connectivity index (χ0v) is 21.8. The Bertz CT molecular complexity index is 1160. The summed E-state index contributed by atoms with van der Waals surface area (Å²) in [5.41, 5.74) is 2.24. The lowest BCUT2D eigenvalue weighted by Gasteiger charge is -2.40. The van der Waals surface area contributed by atoms with Gasteiger partial charge in [0.15, 0.2) is 5.43 Å². The lowest BCUT2D eigenvalue weighted by Crippen LogP contribution is -2.42. The second-order valence-corrected chi connectivity index (χ2v) is 9.60. The highest BCUT2D eigenvalue weighted by Gasteiger charge is 2.28. The molecule has 1 aliphatic rings. The van der Waals surface area contributed by atoms with Crippen LogP contribution in [0.4, 0.5) is 5.69 Å². The molecule has 1 amide bonds. The van der Waals surface area contributed by atoms with E-state index in [-0.39, 0.29) is 35.0 Å². The normalized spacial score (nSPS) is 17.7. The Labute approximate surface area is 211 Å². The molecule has 1 fully saturated rings. The van der Waals surface area contributed by atoms with Gasteiger partial charge in [-0.2, -0.15) is 5.26 Å². The number of nitrogens with one attached hydrogen (secondary N) is 2. The number of H-pyrrole nitrogens is 1. The number of hydrogen-bond acceptors (Lipinski definition) is 6. The number of pyridine rings is 1. The molecule has 9 heteroatoms. The number of nitrogens with zero attached hydrogens (tertiary/aromatic N) is 3. The molecule has 8 nitrogen and oxygen atoms in total. The number of benzene rings is 1. The third kappa shape index (κ3) is 5.98. The van der Waals surface area contributed by atoms with Crippen molar-refractivity contribution in [3.63, 3.8) is 0 Å². The number of ether oxygens (including phenoxy) is 1. The second-order valence-electron chi connectivity index (χ2n) is 9.16. The molecule has 188 valence electrons. The van der Waals surface area contributed by atoms with Crippen LogP contribution in [-0.2, 0) is 6.54 Å². The highest BCUT2D eigenvalue weighted by atomic mass is 35.5. The number of rotatable bonds is 8. The van der Waals surface area contributed by atoms with Gasteiger partial charge < -0.3 is 24.8 Å². The zero-order valence-electron chi connectivity index (χ0n) is 21.1. The molecule has 0 radical (unpaired) electrons. The van der Waals surface area contributed by atoms with E-state index in [0.717, 1.165) is 43.5 Å². The maximum atomic E-state index is 13.2. The number of halogens is 1. The SMILES string of the molecule is CCN(c1cc(Cl)cc(C(=O)NCc2c(OC)[nH]c(C#N)cc2=O)c1C)[C@H]1CC[C@H](N(C)C)CC1. The van der Waals surface area contributed by atoms with Crippen LogP contribution in [0, 0.1) is 18.3 Å². The number of carbonyl (C=O) groups excluding carboxylic acids is 1. The van der Waals surface area contributed by atoms with Crippen LogP contribution in [0.5, 0.6) is 5.88 Å². The van der Waals surface area contributed by atoms with Crippen LogP contribution in [-0.4, -0.2) is 55.6 Å². The van der Waals surface area contributed by atoms with Gasteiger partial charge in [0.25, 0.3) is 5.91 Å². The van der Waals surface area contributed by atoms with Crippen molar-refractivity contribution < 1.29 is 9.53 Å². The van der Waals surface area contributed by atoms with E-state index < -0.39 is 0 Å². The van der Waals surface area contributed by atoms with E-state index in [2.05, 4.69) is 41.1 Å². The van der Waals surface area contributed by atoms with E-state index in [9.17, 15) is 9.59 Å². The molecule has 0 unspecified atom stereocenters.